The van der Waals surface area contributed by atoms with Crippen molar-refractivity contribution < 1.29 is 58.8 Å². The minimum absolute atomic E-state index is 0. The third kappa shape index (κ3) is 5.06. The molecule has 9 heteroatoms. The van der Waals surface area contributed by atoms with Crippen LogP contribution < -0.4 is 39.2 Å². The summed E-state index contributed by atoms with van der Waals surface area (Å²) in [5.41, 5.74) is -0.133. The number of halogens is 4. The van der Waals surface area contributed by atoms with E-state index in [4.69, 9.17) is 21.4 Å². The molecule has 0 saturated carbocycles. The molecule has 4 nitrogen and oxygen atoms in total. The summed E-state index contributed by atoms with van der Waals surface area (Å²) in [6.07, 6.45) is -6.38. The predicted octanol–water partition coefficient (Wildman–Crippen LogP) is 1.34. The van der Waals surface area contributed by atoms with E-state index in [0.29, 0.717) is 23.2 Å². The van der Waals surface area contributed by atoms with Gasteiger partial charge in [0, 0.05) is 25.2 Å². The van der Waals surface area contributed by atoms with E-state index >= 15 is 0 Å². The van der Waals surface area contributed by atoms with E-state index in [-0.39, 0.29) is 42.3 Å². The second-order valence-corrected chi connectivity index (χ2v) is 6.47. The minimum atomic E-state index is -4.83. The van der Waals surface area contributed by atoms with Crippen molar-refractivity contribution in [3.8, 4) is 5.75 Å². The van der Waals surface area contributed by atoms with Crippen molar-refractivity contribution in [2.24, 2.45) is 5.92 Å². The van der Waals surface area contributed by atoms with E-state index in [9.17, 15) is 18.0 Å². The molecular weight excluding hydrogens is 370 g/mol. The maximum atomic E-state index is 13.1. The molecule has 0 aliphatic carbocycles. The normalized spacial score (nSPS) is 16.5. The number of carbonyl (C=O) groups is 1. The quantitative estimate of drug-likeness (QED) is 0.792. The van der Waals surface area contributed by atoms with Crippen LogP contribution in [0.3, 0.4) is 0 Å². The summed E-state index contributed by atoms with van der Waals surface area (Å²) in [5, 5.41) is 9.33. The van der Waals surface area contributed by atoms with Crippen molar-refractivity contribution in [1.82, 2.24) is 0 Å². The van der Waals surface area contributed by atoms with Crippen molar-refractivity contribution in [2.75, 3.05) is 18.5 Å². The molecule has 0 unspecified atom stereocenters. The molecule has 25 heavy (non-hydrogen) atoms. The van der Waals surface area contributed by atoms with Crippen LogP contribution in [0.5, 0.6) is 5.75 Å². The van der Waals surface area contributed by atoms with Gasteiger partial charge in [-0.1, -0.05) is 25.4 Å². The van der Waals surface area contributed by atoms with Gasteiger partial charge >= 0.3 is 41.7 Å². The number of rotatable bonds is 4. The summed E-state index contributed by atoms with van der Waals surface area (Å²) in [6, 6.07) is 2.83. The molecule has 1 heterocycles. The number of benzene rings is 1. The molecule has 1 aliphatic heterocycles. The second kappa shape index (κ2) is 8.20. The van der Waals surface area contributed by atoms with Crippen molar-refractivity contribution in [1.29, 1.82) is 0 Å². The fourth-order valence-corrected chi connectivity index (χ4v) is 2.88. The number of carboxylic acid groups (broad SMARTS) is 1. The Kier molecular flexibility index (Phi) is 7.27. The Morgan fingerprint density at radius 1 is 1.44 bits per heavy atom. The van der Waals surface area contributed by atoms with Gasteiger partial charge in [-0.15, -0.1) is 0 Å². The van der Waals surface area contributed by atoms with Crippen molar-refractivity contribution in [2.45, 2.75) is 26.1 Å². The minimum Gasteiger partial charge on any atom is -1.00 e. The first-order chi connectivity index (χ1) is 11.0. The number of ether oxygens (including phenoxy) is 1. The van der Waals surface area contributed by atoms with Crippen molar-refractivity contribution >= 4 is 29.3 Å². The second-order valence-electron chi connectivity index (χ2n) is 6.06. The smallest absolute Gasteiger partial charge is 1.00 e. The van der Waals surface area contributed by atoms with Crippen LogP contribution in [0.4, 0.5) is 18.9 Å². The maximum absolute atomic E-state index is 13.1. The number of nitrogens with zero attached hydrogens (tertiary/aromatic N) is 1. The van der Waals surface area contributed by atoms with Gasteiger partial charge in [-0.2, -0.15) is 13.2 Å². The summed E-state index contributed by atoms with van der Waals surface area (Å²) in [6.45, 7) is 4.65. The molecule has 0 aromatic heterocycles. The summed E-state index contributed by atoms with van der Waals surface area (Å²) in [7, 11) is 1.77. The molecule has 1 aliphatic rings. The van der Waals surface area contributed by atoms with Crippen LogP contribution >= 0.6 is 11.6 Å². The van der Waals surface area contributed by atoms with E-state index in [0.717, 1.165) is 6.08 Å². The van der Waals surface area contributed by atoms with Gasteiger partial charge in [-0.05, 0) is 18.1 Å². The van der Waals surface area contributed by atoms with E-state index in [2.05, 4.69) is 0 Å². The molecule has 1 N–H and O–H groups in total. The summed E-state index contributed by atoms with van der Waals surface area (Å²) in [5.74, 6) is -1.40. The van der Waals surface area contributed by atoms with Crippen LogP contribution in [0.1, 0.15) is 20.8 Å². The van der Waals surface area contributed by atoms with Gasteiger partial charge in [-0.25, -0.2) is 4.79 Å². The van der Waals surface area contributed by atoms with Crippen LogP contribution in [0.15, 0.2) is 17.7 Å². The Bertz CT molecular complexity index is 698. The van der Waals surface area contributed by atoms with Gasteiger partial charge in [0.25, 0.3) is 0 Å². The average Bonchev–Trinajstić information content (AvgIpc) is 2.43. The zero-order valence-electron chi connectivity index (χ0n) is 15.3. The zero-order chi connectivity index (χ0) is 18.2. The fourth-order valence-electron chi connectivity index (χ4n) is 2.56. The van der Waals surface area contributed by atoms with Gasteiger partial charge < -0.3 is 16.2 Å². The molecule has 2 rings (SSSR count). The first-order valence-corrected chi connectivity index (χ1v) is 7.61. The van der Waals surface area contributed by atoms with Gasteiger partial charge in [0.1, 0.15) is 5.75 Å². The molecule has 0 saturated heterocycles. The van der Waals surface area contributed by atoms with Crippen LogP contribution in [-0.4, -0.2) is 36.9 Å². The van der Waals surface area contributed by atoms with Crippen LogP contribution in [0.25, 0.3) is 6.08 Å². The van der Waals surface area contributed by atoms with Crippen LogP contribution in [0.2, 0.25) is 5.02 Å². The Morgan fingerprint density at radius 3 is 2.52 bits per heavy atom. The topological polar surface area (TPSA) is 49.8 Å². The first kappa shape index (κ1) is 22.2. The third-order valence-corrected chi connectivity index (χ3v) is 3.81. The predicted molar refractivity (Wildman–Crippen MR) is 86.8 cm³/mol. The Morgan fingerprint density at radius 2 is 2.04 bits per heavy atom. The zero-order valence-corrected chi connectivity index (χ0v) is 17.1. The summed E-state index contributed by atoms with van der Waals surface area (Å²) in [4.78, 5) is 12.9. The van der Waals surface area contributed by atoms with E-state index in [1.807, 2.05) is 18.7 Å². The standard InChI is InChI=1S/C16H17ClF3NO3.Na.H/c1-8(2)7-21(3)12-6-13-9(5-11(12)17)4-10(15(22)23)14(24-13)16(18,19)20;;/h4-6,8,14H,7H2,1-3H3,(H,22,23);;/q;+1;-1/t14-;;/m1../s1. The van der Waals surface area contributed by atoms with Crippen molar-refractivity contribution in [3.05, 3.63) is 28.3 Å². The third-order valence-electron chi connectivity index (χ3n) is 3.51. The molecule has 0 fully saturated rings. The van der Waals surface area contributed by atoms with E-state index in [1.165, 1.54) is 12.1 Å². The van der Waals surface area contributed by atoms with Crippen LogP contribution in [0, 0.1) is 5.92 Å². The molecule has 134 valence electrons. The fraction of sp³-hybridized carbons (Fsp3) is 0.438. The number of carboxylic acids is 1. The monoisotopic (exact) mass is 387 g/mol. The van der Waals surface area contributed by atoms with Gasteiger partial charge in [0.05, 0.1) is 16.3 Å². The van der Waals surface area contributed by atoms with E-state index < -0.39 is 23.8 Å². The first-order valence-electron chi connectivity index (χ1n) is 7.23. The molecule has 1 aromatic rings. The van der Waals surface area contributed by atoms with Crippen molar-refractivity contribution in [3.63, 3.8) is 0 Å². The Balaban J connectivity index is 0.00000312. The average molecular weight is 388 g/mol. The SMILES string of the molecule is CC(C)CN(C)c1cc2c(cc1Cl)C=C(C(=O)O)[C@H](C(F)(F)F)O2.[H-].[Na+]. The Labute approximate surface area is 172 Å². The molecule has 0 spiro atoms. The molecule has 0 radical (unpaired) electrons. The summed E-state index contributed by atoms with van der Waals surface area (Å²) < 4.78 is 44.2. The largest absolute Gasteiger partial charge is 1.00 e. The number of hydrogen-bond acceptors (Lipinski definition) is 3. The number of aliphatic carboxylic acids is 1. The number of fused-ring (bicyclic) bond motifs is 1. The number of anilines is 1. The molecule has 0 amide bonds. The van der Waals surface area contributed by atoms with Crippen LogP contribution in [-0.2, 0) is 4.79 Å². The van der Waals surface area contributed by atoms with Gasteiger partial charge in [0.15, 0.2) is 0 Å². The van der Waals surface area contributed by atoms with Gasteiger partial charge in [0.2, 0.25) is 6.10 Å². The molecule has 1 aromatic carbocycles. The summed E-state index contributed by atoms with van der Waals surface area (Å²) >= 11 is 6.20. The molecule has 1 atom stereocenters. The maximum Gasteiger partial charge on any atom is 1.00 e. The molecule has 0 bridgehead atoms. The molecular formula is C16H18ClF3NNaO3. The van der Waals surface area contributed by atoms with Gasteiger partial charge in [-0.3, -0.25) is 0 Å². The number of hydrogen-bond donors (Lipinski definition) is 1. The number of alkyl halides is 3. The Hall–Kier alpha value is -0.890. The van der Waals surface area contributed by atoms with E-state index in [1.54, 1.807) is 7.05 Å².